The highest BCUT2D eigenvalue weighted by Crippen LogP contribution is 2.13. The van der Waals surface area contributed by atoms with E-state index in [1.165, 1.54) is 38.5 Å². The smallest absolute Gasteiger partial charge is 0.306 e. The third kappa shape index (κ3) is 50.3. The number of hydrogen-bond acceptors (Lipinski definition) is 6. The van der Waals surface area contributed by atoms with E-state index >= 15 is 0 Å². The van der Waals surface area contributed by atoms with Crippen molar-refractivity contribution in [1.29, 1.82) is 0 Å². The first-order valence-corrected chi connectivity index (χ1v) is 25.9. The number of carbonyl (C=O) groups is 3. The van der Waals surface area contributed by atoms with E-state index in [1.807, 2.05) is 54.7 Å². The first-order chi connectivity index (χ1) is 32.5. The number of rotatable bonds is 44. The maximum atomic E-state index is 12.8. The molecule has 0 spiro atoms. The molecule has 0 bridgehead atoms. The molecule has 0 aromatic rings. The lowest BCUT2D eigenvalue weighted by atomic mass is 10.1. The predicted molar refractivity (Wildman–Crippen MR) is 283 cm³/mol. The second-order valence-corrected chi connectivity index (χ2v) is 16.4. The van der Waals surface area contributed by atoms with Crippen LogP contribution in [-0.4, -0.2) is 37.2 Å². The monoisotopic (exact) mass is 909 g/mol. The Morgan fingerprint density at radius 2 is 0.636 bits per heavy atom. The van der Waals surface area contributed by atoms with Gasteiger partial charge in [-0.3, -0.25) is 14.4 Å². The fourth-order valence-corrected chi connectivity index (χ4v) is 6.42. The number of hydrogen-bond donors (Lipinski definition) is 0. The lowest BCUT2D eigenvalue weighted by Crippen LogP contribution is -2.30. The standard InChI is InChI=1S/C60H92O6/c1-4-7-10-13-16-19-22-25-27-29-30-31-33-35-38-41-44-47-50-53-59(62)65-56-57(55-64-58(61)52-49-46-43-40-37-34-24-21-18-15-12-9-6-3)66-60(63)54-51-48-45-42-39-36-32-28-26-23-20-17-14-11-8-5-2/h7-12,15-21,24-28,34,36-37,39-40,43,57H,4-6,13-14,22-23,29-33,35,38,41-42,44-56H2,1-3H3/b10-7-,11-8-,12-9-,18-15-,19-16-,20-17-,24-21-,27-25-,28-26-,37-34-,39-36-,43-40-. The van der Waals surface area contributed by atoms with E-state index in [4.69, 9.17) is 14.2 Å². The van der Waals surface area contributed by atoms with Gasteiger partial charge in [0.1, 0.15) is 13.2 Å². The van der Waals surface area contributed by atoms with Crippen molar-refractivity contribution in [3.8, 4) is 0 Å². The zero-order valence-corrected chi connectivity index (χ0v) is 41.9. The summed E-state index contributed by atoms with van der Waals surface area (Å²) >= 11 is 0. The second kappa shape index (κ2) is 52.9. The molecule has 0 heterocycles. The van der Waals surface area contributed by atoms with E-state index in [0.29, 0.717) is 19.3 Å². The number of ether oxygens (including phenoxy) is 3. The lowest BCUT2D eigenvalue weighted by Gasteiger charge is -2.18. The van der Waals surface area contributed by atoms with Crippen molar-refractivity contribution in [2.24, 2.45) is 0 Å². The van der Waals surface area contributed by atoms with Crippen molar-refractivity contribution in [2.75, 3.05) is 13.2 Å². The molecule has 0 aliphatic rings. The number of esters is 3. The van der Waals surface area contributed by atoms with Gasteiger partial charge in [-0.1, -0.05) is 218 Å². The summed E-state index contributed by atoms with van der Waals surface area (Å²) < 4.78 is 16.7. The fourth-order valence-electron chi connectivity index (χ4n) is 6.42. The molecule has 0 aromatic carbocycles. The molecule has 1 atom stereocenters. The van der Waals surface area contributed by atoms with Crippen molar-refractivity contribution in [1.82, 2.24) is 0 Å². The molecule has 0 rings (SSSR count). The van der Waals surface area contributed by atoms with Crippen LogP contribution < -0.4 is 0 Å². The number of allylic oxidation sites excluding steroid dienone is 24. The maximum Gasteiger partial charge on any atom is 0.306 e. The largest absolute Gasteiger partial charge is 0.462 e. The average Bonchev–Trinajstić information content (AvgIpc) is 3.31. The number of carbonyl (C=O) groups excluding carboxylic acids is 3. The molecule has 0 saturated carbocycles. The minimum Gasteiger partial charge on any atom is -0.462 e. The van der Waals surface area contributed by atoms with Crippen molar-refractivity contribution in [3.63, 3.8) is 0 Å². The van der Waals surface area contributed by atoms with Gasteiger partial charge in [-0.2, -0.15) is 0 Å². The molecule has 0 N–H and O–H groups in total. The molecular weight excluding hydrogens is 817 g/mol. The van der Waals surface area contributed by atoms with Gasteiger partial charge in [0.25, 0.3) is 0 Å². The highest BCUT2D eigenvalue weighted by atomic mass is 16.6. The van der Waals surface area contributed by atoms with E-state index in [2.05, 4.69) is 112 Å². The SMILES string of the molecule is CC\C=C/C=C\C=C/C=C\C=C/CCCC(=O)OCC(COC(=O)CCCCCCCCCCC/C=C\C/C=C\C/C=C\CC)OC(=O)CCCCC/C=C\C/C=C\C/C=C\C/C=C\CC. The average molecular weight is 909 g/mol. The fraction of sp³-hybridized carbons (Fsp3) is 0.550. The van der Waals surface area contributed by atoms with Crippen molar-refractivity contribution < 1.29 is 28.6 Å². The highest BCUT2D eigenvalue weighted by Gasteiger charge is 2.19. The van der Waals surface area contributed by atoms with Crippen molar-refractivity contribution in [2.45, 2.75) is 200 Å². The molecule has 0 aliphatic heterocycles. The molecule has 368 valence electrons. The van der Waals surface area contributed by atoms with Crippen molar-refractivity contribution in [3.05, 3.63) is 146 Å². The molecule has 0 aliphatic carbocycles. The van der Waals surface area contributed by atoms with Gasteiger partial charge in [0, 0.05) is 19.3 Å². The molecule has 0 radical (unpaired) electrons. The summed E-state index contributed by atoms with van der Waals surface area (Å²) in [6.45, 7) is 6.15. The highest BCUT2D eigenvalue weighted by molar-refractivity contribution is 5.71. The molecule has 0 aromatic heterocycles. The van der Waals surface area contributed by atoms with Gasteiger partial charge in [-0.15, -0.1) is 0 Å². The zero-order chi connectivity index (χ0) is 47.9. The Morgan fingerprint density at radius 1 is 0.318 bits per heavy atom. The minimum atomic E-state index is -0.832. The Kier molecular flexibility index (Phi) is 49.1. The lowest BCUT2D eigenvalue weighted by molar-refractivity contribution is -0.167. The summed E-state index contributed by atoms with van der Waals surface area (Å²) in [4.78, 5) is 38.0. The van der Waals surface area contributed by atoms with Gasteiger partial charge in [0.2, 0.25) is 0 Å². The third-order valence-electron chi connectivity index (χ3n) is 10.2. The molecule has 0 saturated heterocycles. The molecule has 6 heteroatoms. The normalized spacial score (nSPS) is 13.3. The van der Waals surface area contributed by atoms with Gasteiger partial charge in [0.05, 0.1) is 0 Å². The Labute approximate surface area is 404 Å². The second-order valence-electron chi connectivity index (χ2n) is 16.4. The Morgan fingerprint density at radius 3 is 1.09 bits per heavy atom. The van der Waals surface area contributed by atoms with Crippen LogP contribution in [0.25, 0.3) is 0 Å². The van der Waals surface area contributed by atoms with Gasteiger partial charge in [-0.25, -0.2) is 0 Å². The van der Waals surface area contributed by atoms with Crippen LogP contribution in [0.15, 0.2) is 146 Å². The van der Waals surface area contributed by atoms with E-state index in [-0.39, 0.29) is 44.0 Å². The van der Waals surface area contributed by atoms with Crippen LogP contribution >= 0.6 is 0 Å². The molecular formula is C60H92O6. The summed E-state index contributed by atoms with van der Waals surface area (Å²) in [5.41, 5.74) is 0. The van der Waals surface area contributed by atoms with Crippen LogP contribution in [0.3, 0.4) is 0 Å². The number of unbranched alkanes of at least 4 members (excludes halogenated alkanes) is 13. The van der Waals surface area contributed by atoms with E-state index in [1.54, 1.807) is 0 Å². The minimum absolute atomic E-state index is 0.123. The summed E-state index contributed by atoms with van der Waals surface area (Å²) in [6.07, 6.45) is 75.5. The Bertz CT molecular complexity index is 1510. The van der Waals surface area contributed by atoms with Gasteiger partial charge < -0.3 is 14.2 Å². The molecule has 6 nitrogen and oxygen atoms in total. The summed E-state index contributed by atoms with van der Waals surface area (Å²) in [6, 6.07) is 0. The van der Waals surface area contributed by atoms with E-state index in [9.17, 15) is 14.4 Å². The van der Waals surface area contributed by atoms with E-state index in [0.717, 1.165) is 103 Å². The van der Waals surface area contributed by atoms with Gasteiger partial charge in [0.15, 0.2) is 6.10 Å². The predicted octanol–water partition coefficient (Wildman–Crippen LogP) is 17.3. The topological polar surface area (TPSA) is 78.9 Å². The zero-order valence-electron chi connectivity index (χ0n) is 41.9. The molecule has 1 unspecified atom stereocenters. The van der Waals surface area contributed by atoms with E-state index < -0.39 is 6.10 Å². The van der Waals surface area contributed by atoms with Crippen LogP contribution in [-0.2, 0) is 28.6 Å². The van der Waals surface area contributed by atoms with Crippen LogP contribution in [0.5, 0.6) is 0 Å². The van der Waals surface area contributed by atoms with Gasteiger partial charge in [-0.05, 0) is 103 Å². The third-order valence-corrected chi connectivity index (χ3v) is 10.2. The van der Waals surface area contributed by atoms with Crippen LogP contribution in [0.1, 0.15) is 194 Å². The van der Waals surface area contributed by atoms with Crippen molar-refractivity contribution >= 4 is 17.9 Å². The summed E-state index contributed by atoms with van der Waals surface area (Å²) in [5.74, 6) is -1.05. The van der Waals surface area contributed by atoms with Crippen LogP contribution in [0.2, 0.25) is 0 Å². The Balaban J connectivity index is 4.54. The quantitative estimate of drug-likeness (QED) is 0.0199. The molecule has 0 fully saturated rings. The van der Waals surface area contributed by atoms with Gasteiger partial charge >= 0.3 is 17.9 Å². The maximum absolute atomic E-state index is 12.8. The molecule has 0 amide bonds. The van der Waals surface area contributed by atoms with Crippen LogP contribution in [0, 0.1) is 0 Å². The first-order valence-electron chi connectivity index (χ1n) is 25.9. The summed E-state index contributed by atoms with van der Waals surface area (Å²) in [7, 11) is 0. The Hall–Kier alpha value is -4.71. The van der Waals surface area contributed by atoms with Crippen LogP contribution in [0.4, 0.5) is 0 Å². The first kappa shape index (κ1) is 61.3. The summed E-state index contributed by atoms with van der Waals surface area (Å²) in [5, 5.41) is 0. The molecule has 66 heavy (non-hydrogen) atoms.